The molecule has 2 atom stereocenters. The number of hydrogen-bond acceptors (Lipinski definition) is 3. The van der Waals surface area contributed by atoms with Gasteiger partial charge in [-0.05, 0) is 53.5 Å². The first-order chi connectivity index (χ1) is 8.83. The van der Waals surface area contributed by atoms with E-state index in [1.807, 2.05) is 6.92 Å². The number of hydrogen-bond donors (Lipinski definition) is 1. The van der Waals surface area contributed by atoms with E-state index < -0.39 is 0 Å². The lowest BCUT2D eigenvalue weighted by Gasteiger charge is -2.23. The maximum absolute atomic E-state index is 6.10. The minimum atomic E-state index is 0.164. The van der Waals surface area contributed by atoms with Crippen molar-refractivity contribution in [3.05, 3.63) is 17.5 Å². The Hall–Kier alpha value is -0.870. The number of nitrogens with zero attached hydrogens (tertiary/aromatic N) is 2. The Kier molecular flexibility index (Phi) is 4.31. The molecule has 0 amide bonds. The highest BCUT2D eigenvalue weighted by Gasteiger charge is 2.26. The van der Waals surface area contributed by atoms with Gasteiger partial charge in [0.2, 0.25) is 0 Å². The van der Waals surface area contributed by atoms with Gasteiger partial charge in [-0.2, -0.15) is 5.10 Å². The highest BCUT2D eigenvalue weighted by molar-refractivity contribution is 5.06. The minimum absolute atomic E-state index is 0.164. The molecule has 1 aliphatic rings. The van der Waals surface area contributed by atoms with Crippen molar-refractivity contribution in [3.8, 4) is 0 Å². The van der Waals surface area contributed by atoms with Gasteiger partial charge in [0.05, 0.1) is 24.4 Å². The van der Waals surface area contributed by atoms with Crippen LogP contribution >= 0.6 is 0 Å². The Morgan fingerprint density at radius 2 is 2.00 bits per heavy atom. The van der Waals surface area contributed by atoms with E-state index >= 15 is 0 Å². The normalized spacial score (nSPS) is 24.1. The fourth-order valence-corrected chi connectivity index (χ4v) is 2.54. The smallest absolute Gasteiger partial charge is 0.0776 e. The first kappa shape index (κ1) is 14.5. The summed E-state index contributed by atoms with van der Waals surface area (Å²) in [4.78, 5) is 0. The van der Waals surface area contributed by atoms with E-state index in [9.17, 15) is 0 Å². The van der Waals surface area contributed by atoms with Gasteiger partial charge in [-0.3, -0.25) is 4.68 Å². The molecule has 1 aromatic heterocycles. The van der Waals surface area contributed by atoms with Gasteiger partial charge < -0.3 is 10.1 Å². The molecule has 0 aliphatic carbocycles. The Morgan fingerprint density at radius 3 is 2.58 bits per heavy atom. The van der Waals surface area contributed by atoms with Crippen molar-refractivity contribution >= 4 is 0 Å². The Bertz CT molecular complexity index is 420. The molecule has 1 saturated heterocycles. The second-order valence-electron chi connectivity index (χ2n) is 6.70. The van der Waals surface area contributed by atoms with Crippen LogP contribution in [0.4, 0.5) is 0 Å². The van der Waals surface area contributed by atoms with Crippen molar-refractivity contribution in [3.63, 3.8) is 0 Å². The molecule has 1 aromatic rings. The SMILES string of the molecule is Cc1cc(C)n(CC2CCC(CNC(C)(C)C)O2)n1. The summed E-state index contributed by atoms with van der Waals surface area (Å²) in [5.74, 6) is 0. The summed E-state index contributed by atoms with van der Waals surface area (Å²) in [5.41, 5.74) is 2.47. The summed E-state index contributed by atoms with van der Waals surface area (Å²) in [5, 5.41) is 8.02. The van der Waals surface area contributed by atoms with Gasteiger partial charge in [-0.1, -0.05) is 0 Å². The number of rotatable bonds is 4. The average molecular weight is 265 g/mol. The van der Waals surface area contributed by atoms with Gasteiger partial charge in [0.25, 0.3) is 0 Å². The average Bonchev–Trinajstić information content (AvgIpc) is 2.83. The summed E-state index contributed by atoms with van der Waals surface area (Å²) >= 11 is 0. The van der Waals surface area contributed by atoms with E-state index in [-0.39, 0.29) is 5.54 Å². The summed E-state index contributed by atoms with van der Waals surface area (Å²) in [7, 11) is 0. The molecule has 0 bridgehead atoms. The standard InChI is InChI=1S/C15H27N3O/c1-11-8-12(2)18(17-11)10-14-7-6-13(19-14)9-16-15(3,4)5/h8,13-14,16H,6-7,9-10H2,1-5H3. The van der Waals surface area contributed by atoms with E-state index in [1.54, 1.807) is 0 Å². The van der Waals surface area contributed by atoms with E-state index in [4.69, 9.17) is 4.74 Å². The molecule has 0 radical (unpaired) electrons. The molecular weight excluding hydrogens is 238 g/mol. The minimum Gasteiger partial charge on any atom is -0.372 e. The van der Waals surface area contributed by atoms with E-state index in [1.165, 1.54) is 5.69 Å². The third-order valence-electron chi connectivity index (χ3n) is 3.54. The van der Waals surface area contributed by atoms with Crippen LogP contribution in [0.25, 0.3) is 0 Å². The van der Waals surface area contributed by atoms with Gasteiger partial charge in [-0.15, -0.1) is 0 Å². The molecule has 2 heterocycles. The Labute approximate surface area is 116 Å². The summed E-state index contributed by atoms with van der Waals surface area (Å²) in [6.07, 6.45) is 2.94. The number of aryl methyl sites for hydroxylation is 2. The Balaban J connectivity index is 1.80. The molecule has 2 rings (SSSR count). The molecule has 0 saturated carbocycles. The maximum Gasteiger partial charge on any atom is 0.0776 e. The van der Waals surface area contributed by atoms with Crippen molar-refractivity contribution in [1.29, 1.82) is 0 Å². The fourth-order valence-electron chi connectivity index (χ4n) is 2.54. The van der Waals surface area contributed by atoms with E-state index in [0.717, 1.165) is 31.6 Å². The summed E-state index contributed by atoms with van der Waals surface area (Å²) in [6, 6.07) is 2.12. The number of nitrogens with one attached hydrogen (secondary N) is 1. The summed E-state index contributed by atoms with van der Waals surface area (Å²) in [6.45, 7) is 12.5. The quantitative estimate of drug-likeness (QED) is 0.909. The molecule has 4 heteroatoms. The Morgan fingerprint density at radius 1 is 1.32 bits per heavy atom. The fraction of sp³-hybridized carbons (Fsp3) is 0.800. The maximum atomic E-state index is 6.10. The van der Waals surface area contributed by atoms with Crippen LogP contribution < -0.4 is 5.32 Å². The first-order valence-electron chi connectivity index (χ1n) is 7.25. The lowest BCUT2D eigenvalue weighted by molar-refractivity contribution is 0.0309. The topological polar surface area (TPSA) is 39.1 Å². The van der Waals surface area contributed by atoms with Gasteiger partial charge in [-0.25, -0.2) is 0 Å². The van der Waals surface area contributed by atoms with Crippen LogP contribution in [-0.2, 0) is 11.3 Å². The van der Waals surface area contributed by atoms with Gasteiger partial charge >= 0.3 is 0 Å². The third kappa shape index (κ3) is 4.32. The molecule has 4 nitrogen and oxygen atoms in total. The second kappa shape index (κ2) is 5.63. The summed E-state index contributed by atoms with van der Waals surface area (Å²) < 4.78 is 8.17. The van der Waals surface area contributed by atoms with Crippen molar-refractivity contribution in [1.82, 2.24) is 15.1 Å². The number of ether oxygens (including phenoxy) is 1. The van der Waals surface area contributed by atoms with Crippen LogP contribution in [0.2, 0.25) is 0 Å². The van der Waals surface area contributed by atoms with Crippen molar-refractivity contribution < 1.29 is 4.74 Å². The first-order valence-corrected chi connectivity index (χ1v) is 7.25. The van der Waals surface area contributed by atoms with Crippen LogP contribution in [0, 0.1) is 13.8 Å². The molecule has 0 spiro atoms. The van der Waals surface area contributed by atoms with E-state index in [2.05, 4.69) is 48.9 Å². The van der Waals surface area contributed by atoms with E-state index in [0.29, 0.717) is 12.2 Å². The molecule has 2 unspecified atom stereocenters. The third-order valence-corrected chi connectivity index (χ3v) is 3.54. The van der Waals surface area contributed by atoms with Crippen LogP contribution in [0.3, 0.4) is 0 Å². The number of aromatic nitrogens is 2. The van der Waals surface area contributed by atoms with Crippen molar-refractivity contribution in [2.75, 3.05) is 6.54 Å². The largest absolute Gasteiger partial charge is 0.372 e. The highest BCUT2D eigenvalue weighted by Crippen LogP contribution is 2.21. The monoisotopic (exact) mass is 265 g/mol. The predicted octanol–water partition coefficient (Wildman–Crippen LogP) is 2.44. The zero-order chi connectivity index (χ0) is 14.0. The second-order valence-corrected chi connectivity index (χ2v) is 6.70. The molecule has 19 heavy (non-hydrogen) atoms. The molecule has 108 valence electrons. The van der Waals surface area contributed by atoms with Gasteiger partial charge in [0.15, 0.2) is 0 Å². The zero-order valence-corrected chi connectivity index (χ0v) is 12.9. The highest BCUT2D eigenvalue weighted by atomic mass is 16.5. The van der Waals surface area contributed by atoms with Crippen LogP contribution in [0.1, 0.15) is 45.0 Å². The van der Waals surface area contributed by atoms with Crippen LogP contribution in [-0.4, -0.2) is 34.1 Å². The molecule has 1 fully saturated rings. The lowest BCUT2D eigenvalue weighted by atomic mass is 10.1. The van der Waals surface area contributed by atoms with Crippen LogP contribution in [0.5, 0.6) is 0 Å². The molecule has 0 aromatic carbocycles. The van der Waals surface area contributed by atoms with Gasteiger partial charge in [0.1, 0.15) is 0 Å². The van der Waals surface area contributed by atoms with Crippen molar-refractivity contribution in [2.24, 2.45) is 0 Å². The molecule has 1 N–H and O–H groups in total. The van der Waals surface area contributed by atoms with Crippen LogP contribution in [0.15, 0.2) is 6.07 Å². The zero-order valence-electron chi connectivity index (χ0n) is 12.9. The van der Waals surface area contributed by atoms with Gasteiger partial charge in [0, 0.05) is 17.8 Å². The lowest BCUT2D eigenvalue weighted by Crippen LogP contribution is -2.41. The predicted molar refractivity (Wildman–Crippen MR) is 77.4 cm³/mol. The molecular formula is C15H27N3O. The van der Waals surface area contributed by atoms with Crippen molar-refractivity contribution in [2.45, 2.75) is 71.8 Å². The molecule has 1 aliphatic heterocycles.